The minimum Gasteiger partial charge on any atom is -0.489 e. The molecule has 7 heteroatoms. The van der Waals surface area contributed by atoms with Gasteiger partial charge in [0.05, 0.1) is 6.54 Å². The lowest BCUT2D eigenvalue weighted by Gasteiger charge is -2.22. The highest BCUT2D eigenvalue weighted by Crippen LogP contribution is 2.29. The number of nitrogens with one attached hydrogen (secondary N) is 1. The maximum Gasteiger partial charge on any atom is 0.227 e. The molecule has 36 heavy (non-hydrogen) atoms. The van der Waals surface area contributed by atoms with Crippen LogP contribution in [0.1, 0.15) is 55.7 Å². The van der Waals surface area contributed by atoms with E-state index in [9.17, 15) is 4.79 Å². The van der Waals surface area contributed by atoms with Gasteiger partial charge < -0.3 is 24.4 Å². The van der Waals surface area contributed by atoms with E-state index in [0.29, 0.717) is 24.8 Å². The smallest absolute Gasteiger partial charge is 0.227 e. The SMILES string of the molecule is C=C(NC(=O)C1CCOCC1)c1ccc(O[C@@H]2CCN(c3cccc(C4CCCOCC4)n3)C2)cc1. The van der Waals surface area contributed by atoms with Crippen LogP contribution in [-0.2, 0) is 14.3 Å². The molecule has 3 aliphatic rings. The van der Waals surface area contributed by atoms with E-state index in [2.05, 4.69) is 35.0 Å². The van der Waals surface area contributed by atoms with Gasteiger partial charge in [-0.1, -0.05) is 12.6 Å². The molecule has 2 atom stereocenters. The summed E-state index contributed by atoms with van der Waals surface area (Å²) in [6, 6.07) is 14.2. The monoisotopic (exact) mass is 491 g/mol. The number of amides is 1. The quantitative estimate of drug-likeness (QED) is 0.613. The Balaban J connectivity index is 1.13. The van der Waals surface area contributed by atoms with Crippen LogP contribution >= 0.6 is 0 Å². The number of rotatable bonds is 7. The van der Waals surface area contributed by atoms with Crippen molar-refractivity contribution in [3.63, 3.8) is 0 Å². The number of nitrogens with zero attached hydrogens (tertiary/aromatic N) is 2. The summed E-state index contributed by atoms with van der Waals surface area (Å²) in [4.78, 5) is 19.8. The Kier molecular flexibility index (Phi) is 8.18. The summed E-state index contributed by atoms with van der Waals surface area (Å²) in [5.41, 5.74) is 2.69. The third kappa shape index (κ3) is 6.26. The molecule has 0 spiro atoms. The van der Waals surface area contributed by atoms with Crippen LogP contribution in [-0.4, -0.2) is 56.5 Å². The first-order valence-electron chi connectivity index (χ1n) is 13.3. The van der Waals surface area contributed by atoms with Gasteiger partial charge in [0.1, 0.15) is 17.7 Å². The molecule has 1 unspecified atom stereocenters. The van der Waals surface area contributed by atoms with Gasteiger partial charge >= 0.3 is 0 Å². The van der Waals surface area contributed by atoms with Crippen molar-refractivity contribution in [2.24, 2.45) is 5.92 Å². The van der Waals surface area contributed by atoms with E-state index in [1.54, 1.807) is 0 Å². The van der Waals surface area contributed by atoms with Gasteiger partial charge in [0.15, 0.2) is 0 Å². The summed E-state index contributed by atoms with van der Waals surface area (Å²) >= 11 is 0. The Morgan fingerprint density at radius 3 is 2.58 bits per heavy atom. The number of aromatic nitrogens is 1. The number of hydrogen-bond donors (Lipinski definition) is 1. The second-order valence-corrected chi connectivity index (χ2v) is 10.0. The number of ether oxygens (including phenoxy) is 3. The molecule has 0 radical (unpaired) electrons. The van der Waals surface area contributed by atoms with Gasteiger partial charge in [-0.2, -0.15) is 0 Å². The predicted molar refractivity (Wildman–Crippen MR) is 140 cm³/mol. The molecule has 0 aliphatic carbocycles. The molecule has 2 aromatic rings. The summed E-state index contributed by atoms with van der Waals surface area (Å²) < 4.78 is 17.3. The van der Waals surface area contributed by atoms with Crippen LogP contribution in [0.15, 0.2) is 49.0 Å². The predicted octanol–water partition coefficient (Wildman–Crippen LogP) is 4.54. The van der Waals surface area contributed by atoms with Crippen LogP contribution < -0.4 is 15.0 Å². The maximum absolute atomic E-state index is 12.5. The minimum atomic E-state index is -0.000198. The van der Waals surface area contributed by atoms with Gasteiger partial charge in [-0.3, -0.25) is 4.79 Å². The van der Waals surface area contributed by atoms with Crippen molar-refractivity contribution in [2.45, 2.75) is 50.5 Å². The Morgan fingerprint density at radius 2 is 1.75 bits per heavy atom. The third-order valence-electron chi connectivity index (χ3n) is 7.47. The second kappa shape index (κ2) is 11.9. The van der Waals surface area contributed by atoms with Gasteiger partial charge in [-0.05, 0) is 74.1 Å². The molecule has 0 bridgehead atoms. The van der Waals surface area contributed by atoms with Crippen LogP contribution in [0.2, 0.25) is 0 Å². The summed E-state index contributed by atoms with van der Waals surface area (Å²) in [5, 5.41) is 2.96. The Bertz CT molecular complexity index is 1030. The average Bonchev–Trinajstić information content (AvgIpc) is 3.21. The lowest BCUT2D eigenvalue weighted by Crippen LogP contribution is -2.33. The van der Waals surface area contributed by atoms with E-state index >= 15 is 0 Å². The van der Waals surface area contributed by atoms with E-state index in [0.717, 1.165) is 82.0 Å². The zero-order valence-corrected chi connectivity index (χ0v) is 21.0. The van der Waals surface area contributed by atoms with E-state index in [4.69, 9.17) is 19.2 Å². The van der Waals surface area contributed by atoms with E-state index in [1.165, 1.54) is 5.69 Å². The third-order valence-corrected chi connectivity index (χ3v) is 7.47. The average molecular weight is 492 g/mol. The van der Waals surface area contributed by atoms with Crippen LogP contribution in [0.25, 0.3) is 5.70 Å². The van der Waals surface area contributed by atoms with Gasteiger partial charge in [0.2, 0.25) is 5.91 Å². The van der Waals surface area contributed by atoms with E-state index in [1.807, 2.05) is 24.3 Å². The Hall–Kier alpha value is -2.90. The molecule has 1 amide bonds. The number of benzene rings is 1. The highest BCUT2D eigenvalue weighted by Gasteiger charge is 2.26. The second-order valence-electron chi connectivity index (χ2n) is 10.0. The number of anilines is 1. The lowest BCUT2D eigenvalue weighted by atomic mass is 9.96. The molecule has 192 valence electrons. The highest BCUT2D eigenvalue weighted by molar-refractivity contribution is 5.87. The molecule has 7 nitrogen and oxygen atoms in total. The molecule has 5 rings (SSSR count). The van der Waals surface area contributed by atoms with E-state index in [-0.39, 0.29) is 17.9 Å². The van der Waals surface area contributed by atoms with Crippen molar-refractivity contribution in [2.75, 3.05) is 44.4 Å². The highest BCUT2D eigenvalue weighted by atomic mass is 16.5. The topological polar surface area (TPSA) is 72.9 Å². The minimum absolute atomic E-state index is 0.000198. The zero-order valence-electron chi connectivity index (χ0n) is 21.0. The Labute approximate surface area is 213 Å². The molecule has 1 aromatic carbocycles. The van der Waals surface area contributed by atoms with Crippen LogP contribution in [0, 0.1) is 5.92 Å². The first-order chi connectivity index (χ1) is 17.7. The molecular weight excluding hydrogens is 454 g/mol. The van der Waals surface area contributed by atoms with Gasteiger partial charge in [-0.15, -0.1) is 0 Å². The van der Waals surface area contributed by atoms with Crippen LogP contribution in [0.5, 0.6) is 5.75 Å². The van der Waals surface area contributed by atoms with Crippen molar-refractivity contribution in [1.29, 1.82) is 0 Å². The fourth-order valence-electron chi connectivity index (χ4n) is 5.28. The van der Waals surface area contributed by atoms with Crippen molar-refractivity contribution >= 4 is 17.4 Å². The normalized spacial score (nSPS) is 23.2. The fourth-order valence-corrected chi connectivity index (χ4v) is 5.28. The summed E-state index contributed by atoms with van der Waals surface area (Å²) in [5.74, 6) is 2.38. The van der Waals surface area contributed by atoms with Crippen LogP contribution in [0.3, 0.4) is 0 Å². The van der Waals surface area contributed by atoms with E-state index < -0.39 is 0 Å². The molecule has 1 N–H and O–H groups in total. The molecule has 0 saturated carbocycles. The van der Waals surface area contributed by atoms with Crippen molar-refractivity contribution in [1.82, 2.24) is 10.3 Å². The number of hydrogen-bond acceptors (Lipinski definition) is 6. The molecule has 3 saturated heterocycles. The van der Waals surface area contributed by atoms with Gasteiger partial charge in [0.25, 0.3) is 0 Å². The number of carbonyl (C=O) groups is 1. The fraction of sp³-hybridized carbons (Fsp3) is 0.517. The summed E-state index contributed by atoms with van der Waals surface area (Å²) in [6.45, 7) is 8.79. The maximum atomic E-state index is 12.5. The summed E-state index contributed by atoms with van der Waals surface area (Å²) in [7, 11) is 0. The summed E-state index contributed by atoms with van der Waals surface area (Å²) in [6.07, 6.45) is 5.89. The molecule has 3 aliphatic heterocycles. The zero-order chi connectivity index (χ0) is 24.7. The van der Waals surface area contributed by atoms with Crippen LogP contribution in [0.4, 0.5) is 5.82 Å². The molecule has 1 aromatic heterocycles. The lowest BCUT2D eigenvalue weighted by molar-refractivity contribution is -0.126. The van der Waals surface area contributed by atoms with Crippen molar-refractivity contribution in [3.8, 4) is 5.75 Å². The standard InChI is InChI=1S/C29H37N3O4/c1-21(30-29(33)24-13-18-35-19-14-24)22-7-9-25(10-8-22)36-26-11-15-32(20-26)28-6-2-5-27(31-28)23-4-3-16-34-17-12-23/h2,5-10,23-24,26H,1,3-4,11-20H2,(H,30,33)/t23?,26-/m1/s1. The Morgan fingerprint density at radius 1 is 0.972 bits per heavy atom. The first kappa shape index (κ1) is 24.8. The van der Waals surface area contributed by atoms with Gasteiger partial charge in [0, 0.05) is 62.6 Å². The van der Waals surface area contributed by atoms with Crippen molar-refractivity contribution < 1.29 is 19.0 Å². The van der Waals surface area contributed by atoms with Crippen molar-refractivity contribution in [3.05, 3.63) is 60.3 Å². The number of carbonyl (C=O) groups excluding carboxylic acids is 1. The molecule has 4 heterocycles. The first-order valence-corrected chi connectivity index (χ1v) is 13.3. The largest absolute Gasteiger partial charge is 0.489 e. The van der Waals surface area contributed by atoms with Gasteiger partial charge in [-0.25, -0.2) is 4.98 Å². The molecule has 3 fully saturated rings. The number of pyridine rings is 1. The molecular formula is C29H37N3O4.